The molecule has 3 aliphatic heterocycles. The molecule has 1 amide bonds. The predicted molar refractivity (Wildman–Crippen MR) is 133 cm³/mol. The Morgan fingerprint density at radius 3 is 2.86 bits per heavy atom. The Morgan fingerprint density at radius 1 is 1.14 bits per heavy atom. The third-order valence-electron chi connectivity index (χ3n) is 7.86. The lowest BCUT2D eigenvalue weighted by Gasteiger charge is -2.33. The molecule has 0 radical (unpaired) electrons. The van der Waals surface area contributed by atoms with Gasteiger partial charge in [0.1, 0.15) is 30.0 Å². The van der Waals surface area contributed by atoms with Crippen molar-refractivity contribution in [1.29, 1.82) is 0 Å². The van der Waals surface area contributed by atoms with Crippen molar-refractivity contribution in [2.24, 2.45) is 11.7 Å². The van der Waals surface area contributed by atoms with Gasteiger partial charge >= 0.3 is 0 Å². The molecule has 1 unspecified atom stereocenters. The topological polar surface area (TPSA) is 75.8 Å². The number of nitrogens with two attached hydrogens (primary N) is 1. The highest BCUT2D eigenvalue weighted by Gasteiger charge is 2.39. The van der Waals surface area contributed by atoms with E-state index in [1.807, 2.05) is 23.1 Å². The van der Waals surface area contributed by atoms with Gasteiger partial charge in [-0.15, -0.1) is 0 Å². The number of nitrogens with zero attached hydrogens (tertiary/aromatic N) is 3. The summed E-state index contributed by atoms with van der Waals surface area (Å²) in [6, 6.07) is 11.0. The van der Waals surface area contributed by atoms with Crippen molar-refractivity contribution in [1.82, 2.24) is 9.47 Å². The molecule has 3 N–H and O–H groups in total. The van der Waals surface area contributed by atoms with Gasteiger partial charge in [-0.1, -0.05) is 0 Å². The minimum atomic E-state index is -0.218. The number of fused-ring (bicyclic) bond motifs is 1. The van der Waals surface area contributed by atoms with E-state index in [1.165, 1.54) is 12.8 Å². The third kappa shape index (κ3) is 3.54. The van der Waals surface area contributed by atoms with Crippen LogP contribution in [-0.4, -0.2) is 47.7 Å². The Bertz CT molecular complexity index is 1330. The van der Waals surface area contributed by atoms with Crippen molar-refractivity contribution in [2.45, 2.75) is 44.4 Å². The SMILES string of the molecule is NC1CCCN(C(=O)c2cc3c4c(c2)OCCN4[C@H](c2cc4cc(F)ccc4n2CC2CC2)N3)C1. The molecule has 35 heavy (non-hydrogen) atoms. The molecule has 0 spiro atoms. The van der Waals surface area contributed by atoms with E-state index in [0.717, 1.165) is 66.2 Å². The lowest BCUT2D eigenvalue weighted by molar-refractivity contribution is 0.0708. The zero-order chi connectivity index (χ0) is 23.7. The van der Waals surface area contributed by atoms with Gasteiger partial charge in [0.05, 0.1) is 17.9 Å². The maximum Gasteiger partial charge on any atom is 0.254 e. The van der Waals surface area contributed by atoms with Gasteiger partial charge in [-0.3, -0.25) is 4.79 Å². The van der Waals surface area contributed by atoms with Crippen molar-refractivity contribution in [2.75, 3.05) is 36.5 Å². The van der Waals surface area contributed by atoms with Crippen LogP contribution >= 0.6 is 0 Å². The number of carbonyl (C=O) groups excluding carboxylic acids is 1. The summed E-state index contributed by atoms with van der Waals surface area (Å²) in [4.78, 5) is 17.5. The second-order valence-electron chi connectivity index (χ2n) is 10.4. The Balaban J connectivity index is 1.27. The number of carbonyl (C=O) groups is 1. The van der Waals surface area contributed by atoms with Crippen LogP contribution in [0.2, 0.25) is 0 Å². The lowest BCUT2D eigenvalue weighted by Crippen LogP contribution is -2.45. The molecule has 4 aliphatic rings. The molecule has 3 aromatic rings. The van der Waals surface area contributed by atoms with E-state index in [-0.39, 0.29) is 23.9 Å². The summed E-state index contributed by atoms with van der Waals surface area (Å²) in [6.07, 6.45) is 4.27. The molecule has 2 aromatic carbocycles. The van der Waals surface area contributed by atoms with E-state index in [4.69, 9.17) is 10.5 Å². The molecule has 1 aliphatic carbocycles. The van der Waals surface area contributed by atoms with Crippen LogP contribution in [0.15, 0.2) is 36.4 Å². The first kappa shape index (κ1) is 21.1. The van der Waals surface area contributed by atoms with Crippen LogP contribution in [0.4, 0.5) is 15.8 Å². The molecule has 182 valence electrons. The van der Waals surface area contributed by atoms with Crippen LogP contribution < -0.4 is 20.7 Å². The summed E-state index contributed by atoms with van der Waals surface area (Å²) < 4.78 is 22.4. The number of anilines is 2. The maximum absolute atomic E-state index is 14.1. The number of amides is 1. The van der Waals surface area contributed by atoms with Crippen LogP contribution in [0.5, 0.6) is 5.75 Å². The first-order valence-electron chi connectivity index (χ1n) is 12.7. The number of aromatic nitrogens is 1. The van der Waals surface area contributed by atoms with Gasteiger partial charge in [0.2, 0.25) is 0 Å². The Morgan fingerprint density at radius 2 is 2.03 bits per heavy atom. The van der Waals surface area contributed by atoms with Crippen molar-refractivity contribution in [3.8, 4) is 5.75 Å². The van der Waals surface area contributed by atoms with Gasteiger partial charge in [0, 0.05) is 42.1 Å². The fourth-order valence-electron chi connectivity index (χ4n) is 5.96. The van der Waals surface area contributed by atoms with Gasteiger partial charge in [-0.2, -0.15) is 0 Å². The molecule has 8 heteroatoms. The van der Waals surface area contributed by atoms with Crippen LogP contribution in [-0.2, 0) is 6.54 Å². The van der Waals surface area contributed by atoms with Gasteiger partial charge in [0.25, 0.3) is 5.91 Å². The minimum absolute atomic E-state index is 0.00324. The van der Waals surface area contributed by atoms with Crippen LogP contribution in [0.3, 0.4) is 0 Å². The van der Waals surface area contributed by atoms with E-state index in [9.17, 15) is 9.18 Å². The lowest BCUT2D eigenvalue weighted by atomic mass is 10.0. The number of hydrogen-bond donors (Lipinski definition) is 2. The molecule has 7 rings (SSSR count). The highest BCUT2D eigenvalue weighted by Crippen LogP contribution is 2.50. The molecule has 2 atom stereocenters. The number of benzene rings is 2. The van der Waals surface area contributed by atoms with Crippen molar-refractivity contribution in [3.63, 3.8) is 0 Å². The fraction of sp³-hybridized carbons (Fsp3) is 0.444. The second kappa shape index (κ2) is 7.88. The number of rotatable bonds is 4. The van der Waals surface area contributed by atoms with Crippen LogP contribution in [0.1, 0.15) is 47.9 Å². The van der Waals surface area contributed by atoms with Crippen molar-refractivity contribution in [3.05, 3.63) is 53.5 Å². The fourth-order valence-corrected chi connectivity index (χ4v) is 5.96. The maximum atomic E-state index is 14.1. The second-order valence-corrected chi connectivity index (χ2v) is 10.4. The summed E-state index contributed by atoms with van der Waals surface area (Å²) in [5.74, 6) is 1.20. The zero-order valence-electron chi connectivity index (χ0n) is 19.7. The third-order valence-corrected chi connectivity index (χ3v) is 7.86. The van der Waals surface area contributed by atoms with Crippen LogP contribution in [0, 0.1) is 11.7 Å². The molecule has 1 saturated heterocycles. The zero-order valence-corrected chi connectivity index (χ0v) is 19.7. The monoisotopic (exact) mass is 475 g/mol. The summed E-state index contributed by atoms with van der Waals surface area (Å²) >= 11 is 0. The number of nitrogens with one attached hydrogen (secondary N) is 1. The molecule has 2 fully saturated rings. The molecule has 0 bridgehead atoms. The summed E-state index contributed by atoms with van der Waals surface area (Å²) in [5.41, 5.74) is 10.9. The molecule has 1 saturated carbocycles. The molecule has 1 aromatic heterocycles. The van der Waals surface area contributed by atoms with Gasteiger partial charge in [0.15, 0.2) is 0 Å². The Kier molecular flexibility index (Phi) is 4.74. The first-order chi connectivity index (χ1) is 17.0. The molecule has 7 nitrogen and oxygen atoms in total. The highest BCUT2D eigenvalue weighted by atomic mass is 19.1. The van der Waals surface area contributed by atoms with E-state index < -0.39 is 0 Å². The van der Waals surface area contributed by atoms with E-state index in [2.05, 4.69) is 20.9 Å². The van der Waals surface area contributed by atoms with Crippen molar-refractivity contribution < 1.29 is 13.9 Å². The quantitative estimate of drug-likeness (QED) is 0.595. The number of hydrogen-bond acceptors (Lipinski definition) is 5. The van der Waals surface area contributed by atoms with E-state index in [1.54, 1.807) is 12.1 Å². The largest absolute Gasteiger partial charge is 0.489 e. The van der Waals surface area contributed by atoms with Gasteiger partial charge < -0.3 is 30.2 Å². The van der Waals surface area contributed by atoms with Gasteiger partial charge in [-0.25, -0.2) is 4.39 Å². The summed E-state index contributed by atoms with van der Waals surface area (Å²) in [5, 5.41) is 4.61. The smallest absolute Gasteiger partial charge is 0.254 e. The van der Waals surface area contributed by atoms with Crippen LogP contribution in [0.25, 0.3) is 10.9 Å². The number of likely N-dealkylation sites (tertiary alicyclic amines) is 1. The first-order valence-corrected chi connectivity index (χ1v) is 12.7. The Hall–Kier alpha value is -3.26. The standard InChI is InChI=1S/C27H30FN5O2/c28-19-5-6-22-17(10-19)12-23(33(22)14-16-3-4-16)26-30-21-11-18(13-24-25(21)32(26)8-9-35-24)27(34)31-7-1-2-20(29)15-31/h5-6,10-13,16,20,26,30H,1-4,7-9,14-15,29H2/t20?,26-/m1/s1. The Labute approximate surface area is 203 Å². The minimum Gasteiger partial charge on any atom is -0.489 e. The number of piperidine rings is 1. The van der Waals surface area contributed by atoms with E-state index >= 15 is 0 Å². The molecular weight excluding hydrogens is 445 g/mol. The van der Waals surface area contributed by atoms with E-state index in [0.29, 0.717) is 24.6 Å². The predicted octanol–water partition coefficient (Wildman–Crippen LogP) is 4.08. The van der Waals surface area contributed by atoms with Crippen molar-refractivity contribution >= 4 is 28.2 Å². The highest BCUT2D eigenvalue weighted by molar-refractivity contribution is 5.99. The summed E-state index contributed by atoms with van der Waals surface area (Å²) in [6.45, 7) is 3.56. The molecule has 4 heterocycles. The molecular formula is C27H30FN5O2. The normalized spacial score (nSPS) is 23.3. The number of ether oxygens (including phenoxy) is 1. The average Bonchev–Trinajstić information content (AvgIpc) is 3.51. The number of halogens is 1. The van der Waals surface area contributed by atoms with Gasteiger partial charge in [-0.05, 0) is 68.0 Å². The average molecular weight is 476 g/mol. The summed E-state index contributed by atoms with van der Waals surface area (Å²) in [7, 11) is 0.